The minimum absolute atomic E-state index is 0.0551. The van der Waals surface area contributed by atoms with E-state index < -0.39 is 24.5 Å². The number of nitrogens with one attached hydrogen (secondary N) is 2. The minimum Gasteiger partial charge on any atom is -0.482 e. The smallest absolute Gasteiger partial charge is 0.337 e. The molecule has 0 aliphatic carbocycles. The zero-order valence-corrected chi connectivity index (χ0v) is 11.0. The third kappa shape index (κ3) is 5.34. The Balaban J connectivity index is 2.47. The molecule has 108 valence electrons. The molecule has 0 spiro atoms. The molecule has 0 radical (unpaired) electrons. The molecule has 1 heterocycles. The van der Waals surface area contributed by atoms with Crippen molar-refractivity contribution >= 4 is 17.9 Å². The number of carboxylic acids is 1. The van der Waals surface area contributed by atoms with Gasteiger partial charge in [-0.15, -0.1) is 0 Å². The van der Waals surface area contributed by atoms with Crippen LogP contribution in [0.25, 0.3) is 0 Å². The summed E-state index contributed by atoms with van der Waals surface area (Å²) in [4.78, 5) is 37.0. The van der Waals surface area contributed by atoms with E-state index in [2.05, 4.69) is 15.6 Å². The van der Waals surface area contributed by atoms with Gasteiger partial charge in [0.1, 0.15) is 5.75 Å². The molecule has 0 bridgehead atoms. The number of rotatable bonds is 5. The zero-order valence-electron chi connectivity index (χ0n) is 11.0. The number of carbonyl (C=O) groups is 3. The predicted octanol–water partition coefficient (Wildman–Crippen LogP) is 0.393. The van der Waals surface area contributed by atoms with E-state index >= 15 is 0 Å². The average molecular weight is 281 g/mol. The van der Waals surface area contributed by atoms with Gasteiger partial charge in [-0.05, 0) is 19.9 Å². The van der Waals surface area contributed by atoms with Crippen molar-refractivity contribution in [2.24, 2.45) is 0 Å². The molecule has 1 rings (SSSR count). The molecule has 1 aromatic heterocycles. The standard InChI is InChI=1S/C12H15N3O5/c1-7(2)14-12(19)15-10(16)6-20-9-3-8(11(17)18)4-13-5-9/h3-5,7H,6H2,1-2H3,(H,17,18)(H2,14,15,16,19). The molecule has 0 aliphatic rings. The Morgan fingerprint density at radius 2 is 2.05 bits per heavy atom. The van der Waals surface area contributed by atoms with Crippen LogP contribution in [0, 0.1) is 0 Å². The van der Waals surface area contributed by atoms with Crippen molar-refractivity contribution in [2.75, 3.05) is 6.61 Å². The number of imide groups is 1. The van der Waals surface area contributed by atoms with Crippen molar-refractivity contribution in [1.29, 1.82) is 0 Å². The van der Waals surface area contributed by atoms with E-state index in [1.165, 1.54) is 12.3 Å². The summed E-state index contributed by atoms with van der Waals surface area (Å²) in [5.74, 6) is -1.67. The molecule has 20 heavy (non-hydrogen) atoms. The first kappa shape index (κ1) is 15.4. The Morgan fingerprint density at radius 3 is 2.65 bits per heavy atom. The first-order chi connectivity index (χ1) is 9.38. The lowest BCUT2D eigenvalue weighted by Gasteiger charge is -2.10. The lowest BCUT2D eigenvalue weighted by molar-refractivity contribution is -0.122. The van der Waals surface area contributed by atoms with Gasteiger partial charge in [0.2, 0.25) is 0 Å². The number of nitrogens with zero attached hydrogens (tertiary/aromatic N) is 1. The number of carbonyl (C=O) groups excluding carboxylic acids is 2. The molecule has 0 saturated carbocycles. The fourth-order valence-corrected chi connectivity index (χ4v) is 1.22. The van der Waals surface area contributed by atoms with Crippen molar-refractivity contribution in [3.05, 3.63) is 24.0 Å². The topological polar surface area (TPSA) is 118 Å². The SMILES string of the molecule is CC(C)NC(=O)NC(=O)COc1cncc(C(=O)O)c1. The fourth-order valence-electron chi connectivity index (χ4n) is 1.22. The van der Waals surface area contributed by atoms with Crippen LogP contribution in [-0.2, 0) is 4.79 Å². The zero-order chi connectivity index (χ0) is 15.1. The van der Waals surface area contributed by atoms with E-state index in [0.29, 0.717) is 0 Å². The van der Waals surface area contributed by atoms with Crippen molar-refractivity contribution in [3.63, 3.8) is 0 Å². The monoisotopic (exact) mass is 281 g/mol. The number of pyridine rings is 1. The van der Waals surface area contributed by atoms with Crippen molar-refractivity contribution < 1.29 is 24.2 Å². The van der Waals surface area contributed by atoms with Gasteiger partial charge in [-0.2, -0.15) is 0 Å². The molecular formula is C12H15N3O5. The number of aromatic carboxylic acids is 1. The molecule has 8 nitrogen and oxygen atoms in total. The number of carboxylic acid groups (broad SMARTS) is 1. The fraction of sp³-hybridized carbons (Fsp3) is 0.333. The van der Waals surface area contributed by atoms with Gasteiger partial charge in [0.05, 0.1) is 11.8 Å². The maximum atomic E-state index is 11.4. The number of amides is 3. The summed E-state index contributed by atoms with van der Waals surface area (Å²) in [6.07, 6.45) is 2.43. The molecule has 3 amide bonds. The van der Waals surface area contributed by atoms with Crippen LogP contribution < -0.4 is 15.4 Å². The van der Waals surface area contributed by atoms with Crippen molar-refractivity contribution in [2.45, 2.75) is 19.9 Å². The number of urea groups is 1. The summed E-state index contributed by atoms with van der Waals surface area (Å²) in [5, 5.41) is 13.3. The van der Waals surface area contributed by atoms with Gasteiger partial charge in [-0.3, -0.25) is 15.1 Å². The van der Waals surface area contributed by atoms with Crippen LogP contribution in [0.15, 0.2) is 18.5 Å². The van der Waals surface area contributed by atoms with E-state index in [1.54, 1.807) is 13.8 Å². The third-order valence-corrected chi connectivity index (χ3v) is 2.00. The van der Waals surface area contributed by atoms with Crippen LogP contribution in [0.1, 0.15) is 24.2 Å². The minimum atomic E-state index is -1.15. The summed E-state index contributed by atoms with van der Waals surface area (Å²) in [6, 6.07) is 0.516. The van der Waals surface area contributed by atoms with Gasteiger partial charge in [0, 0.05) is 12.2 Å². The molecule has 0 fully saturated rings. The summed E-state index contributed by atoms with van der Waals surface area (Å²) in [5.41, 5.74) is -0.0551. The number of hydrogen-bond acceptors (Lipinski definition) is 5. The second kappa shape index (κ2) is 7.07. The van der Waals surface area contributed by atoms with Crippen LogP contribution >= 0.6 is 0 Å². The van der Waals surface area contributed by atoms with Crippen LogP contribution in [0.2, 0.25) is 0 Å². The molecule has 0 aromatic carbocycles. The number of ether oxygens (including phenoxy) is 1. The van der Waals surface area contributed by atoms with Crippen LogP contribution in [0.4, 0.5) is 4.79 Å². The quantitative estimate of drug-likeness (QED) is 0.718. The van der Waals surface area contributed by atoms with E-state index in [4.69, 9.17) is 9.84 Å². The second-order valence-electron chi connectivity index (χ2n) is 4.18. The second-order valence-corrected chi connectivity index (χ2v) is 4.18. The van der Waals surface area contributed by atoms with E-state index in [0.717, 1.165) is 6.20 Å². The van der Waals surface area contributed by atoms with Gasteiger partial charge in [-0.1, -0.05) is 0 Å². The van der Waals surface area contributed by atoms with Crippen LogP contribution in [-0.4, -0.2) is 40.6 Å². The third-order valence-electron chi connectivity index (χ3n) is 2.00. The molecule has 0 aliphatic heterocycles. The predicted molar refractivity (Wildman–Crippen MR) is 68.5 cm³/mol. The maximum absolute atomic E-state index is 11.4. The normalized spacial score (nSPS) is 9.95. The van der Waals surface area contributed by atoms with Crippen LogP contribution in [0.3, 0.4) is 0 Å². The molecule has 0 unspecified atom stereocenters. The molecule has 0 saturated heterocycles. The summed E-state index contributed by atoms with van der Waals surface area (Å²) in [6.45, 7) is 3.09. The van der Waals surface area contributed by atoms with Crippen LogP contribution in [0.5, 0.6) is 5.75 Å². The first-order valence-corrected chi connectivity index (χ1v) is 5.80. The number of hydrogen-bond donors (Lipinski definition) is 3. The number of aromatic nitrogens is 1. The van der Waals surface area contributed by atoms with Crippen molar-refractivity contribution in [1.82, 2.24) is 15.6 Å². The Bertz CT molecular complexity index is 516. The molecule has 1 aromatic rings. The Labute approximate surface area is 115 Å². The lowest BCUT2D eigenvalue weighted by Crippen LogP contribution is -2.44. The average Bonchev–Trinajstić information content (AvgIpc) is 2.35. The van der Waals surface area contributed by atoms with E-state index in [9.17, 15) is 14.4 Å². The van der Waals surface area contributed by atoms with Gasteiger partial charge in [0.15, 0.2) is 6.61 Å². The van der Waals surface area contributed by atoms with Gasteiger partial charge in [0.25, 0.3) is 5.91 Å². The van der Waals surface area contributed by atoms with E-state index in [-0.39, 0.29) is 17.4 Å². The summed E-state index contributed by atoms with van der Waals surface area (Å²) < 4.78 is 5.05. The van der Waals surface area contributed by atoms with E-state index in [1.807, 2.05) is 0 Å². The van der Waals surface area contributed by atoms with Gasteiger partial charge < -0.3 is 15.2 Å². The summed E-state index contributed by atoms with van der Waals surface area (Å²) in [7, 11) is 0. The Morgan fingerprint density at radius 1 is 1.35 bits per heavy atom. The van der Waals surface area contributed by atoms with Crippen molar-refractivity contribution in [3.8, 4) is 5.75 Å². The molecule has 8 heteroatoms. The maximum Gasteiger partial charge on any atom is 0.337 e. The molecule has 0 atom stereocenters. The highest BCUT2D eigenvalue weighted by molar-refractivity contribution is 5.95. The largest absolute Gasteiger partial charge is 0.482 e. The summed E-state index contributed by atoms with van der Waals surface area (Å²) >= 11 is 0. The Kier molecular flexibility index (Phi) is 5.45. The molecular weight excluding hydrogens is 266 g/mol. The highest BCUT2D eigenvalue weighted by Crippen LogP contribution is 2.10. The highest BCUT2D eigenvalue weighted by Gasteiger charge is 2.10. The van der Waals surface area contributed by atoms with Gasteiger partial charge in [-0.25, -0.2) is 9.59 Å². The molecule has 3 N–H and O–H groups in total. The first-order valence-electron chi connectivity index (χ1n) is 5.80. The van der Waals surface area contributed by atoms with Gasteiger partial charge >= 0.3 is 12.0 Å². The highest BCUT2D eigenvalue weighted by atomic mass is 16.5. The Hall–Kier alpha value is -2.64. The lowest BCUT2D eigenvalue weighted by atomic mass is 10.3.